The van der Waals surface area contributed by atoms with E-state index < -0.39 is 34.6 Å². The van der Waals surface area contributed by atoms with Crippen molar-refractivity contribution in [3.05, 3.63) is 18.2 Å². The predicted molar refractivity (Wildman–Crippen MR) is 124 cm³/mol. The van der Waals surface area contributed by atoms with Gasteiger partial charge < -0.3 is 10.1 Å². The van der Waals surface area contributed by atoms with Crippen molar-refractivity contribution in [1.29, 1.82) is 0 Å². The van der Waals surface area contributed by atoms with Gasteiger partial charge in [0.2, 0.25) is 5.91 Å². The van der Waals surface area contributed by atoms with Gasteiger partial charge in [0.1, 0.15) is 11.8 Å². The molecule has 11 nitrogen and oxygen atoms in total. The largest absolute Gasteiger partial charge is 0.497 e. The van der Waals surface area contributed by atoms with Gasteiger partial charge in [0.05, 0.1) is 23.9 Å². The van der Waals surface area contributed by atoms with Crippen LogP contribution in [0.1, 0.15) is 39.0 Å². The van der Waals surface area contributed by atoms with Gasteiger partial charge in [-0.15, -0.1) is 0 Å². The summed E-state index contributed by atoms with van der Waals surface area (Å²) in [5.74, 6) is -0.630. The Balaban J connectivity index is 1.77. The molecule has 3 rings (SSSR count). The Bertz CT molecular complexity index is 1090. The summed E-state index contributed by atoms with van der Waals surface area (Å²) in [7, 11) is -2.54. The molecular weight excluding hydrogens is 470 g/mol. The van der Waals surface area contributed by atoms with E-state index >= 15 is 0 Å². The molecule has 33 heavy (non-hydrogen) atoms. The molecule has 1 unspecified atom stereocenters. The molecule has 1 atom stereocenters. The van der Waals surface area contributed by atoms with Crippen molar-refractivity contribution in [3.63, 3.8) is 0 Å². The number of carbonyl (C=O) groups is 2. The second kappa shape index (κ2) is 11.2. The van der Waals surface area contributed by atoms with Gasteiger partial charge in [0.15, 0.2) is 5.13 Å². The number of anilines is 1. The molecule has 2 amide bonds. The topological polar surface area (TPSA) is 141 Å². The van der Waals surface area contributed by atoms with Crippen LogP contribution in [0.3, 0.4) is 0 Å². The first kappa shape index (κ1) is 25.3. The molecular formula is C20H29N5O6S2. The molecule has 2 heterocycles. The van der Waals surface area contributed by atoms with E-state index in [1.165, 1.54) is 16.8 Å². The number of benzene rings is 1. The van der Waals surface area contributed by atoms with E-state index in [1.54, 1.807) is 19.2 Å². The average molecular weight is 500 g/mol. The molecule has 0 radical (unpaired) electrons. The van der Waals surface area contributed by atoms with E-state index in [-0.39, 0.29) is 13.1 Å². The van der Waals surface area contributed by atoms with Crippen LogP contribution in [0, 0.1) is 0 Å². The highest BCUT2D eigenvalue weighted by Crippen LogP contribution is 2.30. The fourth-order valence-corrected chi connectivity index (χ4v) is 6.43. The third-order valence-electron chi connectivity index (χ3n) is 5.41. The normalized spacial score (nSPS) is 16.9. The maximum absolute atomic E-state index is 13.3. The summed E-state index contributed by atoms with van der Waals surface area (Å²) < 4.78 is 34.9. The summed E-state index contributed by atoms with van der Waals surface area (Å²) in [6.07, 6.45) is 3.11. The second-order valence-electron chi connectivity index (χ2n) is 7.69. The Morgan fingerprint density at radius 2 is 2.15 bits per heavy atom. The van der Waals surface area contributed by atoms with Crippen LogP contribution in [0.2, 0.25) is 0 Å². The standard InChI is InChI=1S/C20H29N5O6S2/c1-3-4-5-10-24(13-18(26)23-28)33(29,30)25-11-6-7-16(25)19(27)22-20-21-15-9-8-14(31-2)12-17(15)32-20/h8-9,12,16,28H,3-7,10-11,13H2,1-2H3,(H,23,26)(H,21,22,27). The smallest absolute Gasteiger partial charge is 0.283 e. The number of fused-ring (bicyclic) bond motifs is 1. The van der Waals surface area contributed by atoms with Crippen molar-refractivity contribution in [2.24, 2.45) is 0 Å². The van der Waals surface area contributed by atoms with Gasteiger partial charge in [-0.2, -0.15) is 17.0 Å². The molecule has 2 aromatic rings. The number of aromatic nitrogens is 1. The van der Waals surface area contributed by atoms with Crippen molar-refractivity contribution in [1.82, 2.24) is 19.1 Å². The number of amides is 2. The first-order chi connectivity index (χ1) is 15.8. The molecule has 1 aromatic carbocycles. The summed E-state index contributed by atoms with van der Waals surface area (Å²) >= 11 is 1.27. The zero-order valence-corrected chi connectivity index (χ0v) is 20.2. The minimum Gasteiger partial charge on any atom is -0.497 e. The highest BCUT2D eigenvalue weighted by Gasteiger charge is 2.42. The number of hydroxylamine groups is 1. The van der Waals surface area contributed by atoms with Crippen LogP contribution in [0.15, 0.2) is 18.2 Å². The van der Waals surface area contributed by atoms with Crippen LogP contribution in [0.5, 0.6) is 5.75 Å². The van der Waals surface area contributed by atoms with Crippen LogP contribution in [0.25, 0.3) is 10.2 Å². The van der Waals surface area contributed by atoms with Gasteiger partial charge in [-0.25, -0.2) is 10.5 Å². The quantitative estimate of drug-likeness (QED) is 0.244. The first-order valence-electron chi connectivity index (χ1n) is 10.8. The third kappa shape index (κ3) is 5.98. The Morgan fingerprint density at radius 3 is 2.85 bits per heavy atom. The number of thiazole rings is 1. The Morgan fingerprint density at radius 1 is 1.36 bits per heavy atom. The fourth-order valence-electron chi connectivity index (χ4n) is 3.71. The number of nitrogens with one attached hydrogen (secondary N) is 2. The number of methoxy groups -OCH3 is 1. The van der Waals surface area contributed by atoms with E-state index in [0.29, 0.717) is 35.7 Å². The van der Waals surface area contributed by atoms with Gasteiger partial charge >= 0.3 is 0 Å². The van der Waals surface area contributed by atoms with Crippen molar-refractivity contribution in [3.8, 4) is 5.75 Å². The molecule has 182 valence electrons. The Hall–Kier alpha value is -2.32. The average Bonchev–Trinajstić information content (AvgIpc) is 3.44. The highest BCUT2D eigenvalue weighted by molar-refractivity contribution is 7.86. The molecule has 0 saturated carbocycles. The van der Waals surface area contributed by atoms with Crippen LogP contribution >= 0.6 is 11.3 Å². The molecule has 1 aliphatic heterocycles. The van der Waals surface area contributed by atoms with E-state index in [1.807, 2.05) is 13.0 Å². The number of hydrogen-bond acceptors (Lipinski definition) is 8. The lowest BCUT2D eigenvalue weighted by Gasteiger charge is -2.29. The van der Waals surface area contributed by atoms with Gasteiger partial charge in [-0.3, -0.25) is 14.8 Å². The molecule has 0 spiro atoms. The third-order valence-corrected chi connectivity index (χ3v) is 8.34. The molecule has 1 saturated heterocycles. The van der Waals surface area contributed by atoms with Crippen molar-refractivity contribution in [2.45, 2.75) is 45.1 Å². The summed E-state index contributed by atoms with van der Waals surface area (Å²) in [5, 5.41) is 12.0. The SMILES string of the molecule is CCCCCN(CC(=O)NO)S(=O)(=O)N1CCCC1C(=O)Nc1nc2ccc(OC)cc2s1. The number of rotatable bonds is 11. The maximum Gasteiger partial charge on any atom is 0.283 e. The number of nitrogens with zero attached hydrogens (tertiary/aromatic N) is 3. The number of hydrogen-bond donors (Lipinski definition) is 3. The van der Waals surface area contributed by atoms with Crippen LogP contribution in [-0.2, 0) is 19.8 Å². The minimum absolute atomic E-state index is 0.119. The molecule has 1 fully saturated rings. The van der Waals surface area contributed by atoms with Crippen molar-refractivity contribution in [2.75, 3.05) is 32.1 Å². The summed E-state index contributed by atoms with van der Waals surface area (Å²) in [6, 6.07) is 4.46. The van der Waals surface area contributed by atoms with E-state index in [0.717, 1.165) is 26.2 Å². The fraction of sp³-hybridized carbons (Fsp3) is 0.550. The number of ether oxygens (including phenoxy) is 1. The first-order valence-corrected chi connectivity index (χ1v) is 13.0. The lowest BCUT2D eigenvalue weighted by molar-refractivity contribution is -0.129. The van der Waals surface area contributed by atoms with Crippen LogP contribution in [0.4, 0.5) is 5.13 Å². The molecule has 1 aliphatic rings. The number of unbranched alkanes of at least 4 members (excludes halogenated alkanes) is 2. The van der Waals surface area contributed by atoms with Gasteiger partial charge in [-0.05, 0) is 37.5 Å². The molecule has 13 heteroatoms. The predicted octanol–water partition coefficient (Wildman–Crippen LogP) is 1.95. The van der Waals surface area contributed by atoms with Gasteiger partial charge in [0.25, 0.3) is 16.1 Å². The molecule has 0 aliphatic carbocycles. The zero-order chi connectivity index (χ0) is 24.0. The monoisotopic (exact) mass is 499 g/mol. The van der Waals surface area contributed by atoms with E-state index in [4.69, 9.17) is 9.94 Å². The summed E-state index contributed by atoms with van der Waals surface area (Å²) in [4.78, 5) is 29.1. The lowest BCUT2D eigenvalue weighted by Crippen LogP contribution is -2.52. The van der Waals surface area contributed by atoms with Gasteiger partial charge in [0, 0.05) is 13.1 Å². The van der Waals surface area contributed by atoms with Gasteiger partial charge in [-0.1, -0.05) is 31.1 Å². The second-order valence-corrected chi connectivity index (χ2v) is 10.6. The van der Waals surface area contributed by atoms with Crippen molar-refractivity contribution >= 4 is 48.7 Å². The van der Waals surface area contributed by atoms with E-state index in [9.17, 15) is 18.0 Å². The van der Waals surface area contributed by atoms with Crippen molar-refractivity contribution < 1.29 is 28.0 Å². The lowest BCUT2D eigenvalue weighted by atomic mass is 10.2. The van der Waals surface area contributed by atoms with Crippen LogP contribution < -0.4 is 15.5 Å². The van der Waals surface area contributed by atoms with Crippen LogP contribution in [-0.4, -0.2) is 71.8 Å². The summed E-state index contributed by atoms with van der Waals surface area (Å²) in [5.41, 5.74) is 2.18. The van der Waals surface area contributed by atoms with E-state index in [2.05, 4.69) is 10.3 Å². The molecule has 3 N–H and O–H groups in total. The number of carbonyl (C=O) groups excluding carboxylic acids is 2. The Kier molecular flexibility index (Phi) is 8.59. The minimum atomic E-state index is -4.11. The zero-order valence-electron chi connectivity index (χ0n) is 18.6. The summed E-state index contributed by atoms with van der Waals surface area (Å²) in [6.45, 7) is 1.75. The maximum atomic E-state index is 13.3. The molecule has 1 aromatic heterocycles. The molecule has 0 bridgehead atoms. The Labute approximate surface area is 196 Å². The highest BCUT2D eigenvalue weighted by atomic mass is 32.2.